The molecule has 0 atom stereocenters. The first-order valence-electron chi connectivity index (χ1n) is 7.05. The van der Waals surface area contributed by atoms with Crippen LogP contribution in [0.15, 0.2) is 24.3 Å². The number of benzene rings is 1. The molecule has 0 unspecified atom stereocenters. The molecule has 4 nitrogen and oxygen atoms in total. The Bertz CT molecular complexity index is 421. The first-order chi connectivity index (χ1) is 9.35. The summed E-state index contributed by atoms with van der Waals surface area (Å²) < 4.78 is 5.13. The van der Waals surface area contributed by atoms with Crippen molar-refractivity contribution in [1.82, 2.24) is 4.90 Å². The lowest BCUT2D eigenvalue weighted by atomic mass is 9.99. The van der Waals surface area contributed by atoms with Crippen LogP contribution < -0.4 is 10.5 Å². The number of ether oxygens (including phenoxy) is 1. The highest BCUT2D eigenvalue weighted by Crippen LogP contribution is 2.15. The Hall–Kier alpha value is -1.55. The molecule has 1 rings (SSSR count). The van der Waals surface area contributed by atoms with Crippen molar-refractivity contribution in [3.8, 4) is 5.75 Å². The molecular formula is C16H26N2O2. The summed E-state index contributed by atoms with van der Waals surface area (Å²) in [6.07, 6.45) is 1.19. The SMILES string of the molecule is CCN(Cc1ccc(OC)cc1)C(=O)CCC(C)(C)N. The van der Waals surface area contributed by atoms with Crippen LogP contribution in [0.25, 0.3) is 0 Å². The highest BCUT2D eigenvalue weighted by molar-refractivity contribution is 5.76. The van der Waals surface area contributed by atoms with Gasteiger partial charge in [-0.15, -0.1) is 0 Å². The van der Waals surface area contributed by atoms with Gasteiger partial charge in [0.1, 0.15) is 5.75 Å². The molecule has 1 aromatic carbocycles. The van der Waals surface area contributed by atoms with Gasteiger partial charge in [0.2, 0.25) is 5.91 Å². The number of methoxy groups -OCH3 is 1. The fourth-order valence-corrected chi connectivity index (χ4v) is 1.91. The standard InChI is InChI=1S/C16H26N2O2/c1-5-18(15(19)10-11-16(2,3)17)12-13-6-8-14(20-4)9-7-13/h6-9H,5,10-12,17H2,1-4H3. The lowest BCUT2D eigenvalue weighted by Gasteiger charge is -2.24. The van der Waals surface area contributed by atoms with E-state index in [0.29, 0.717) is 25.9 Å². The number of amides is 1. The van der Waals surface area contributed by atoms with Gasteiger partial charge in [0.05, 0.1) is 7.11 Å². The first kappa shape index (κ1) is 16.5. The predicted molar refractivity (Wildman–Crippen MR) is 81.6 cm³/mol. The third kappa shape index (κ3) is 5.61. The monoisotopic (exact) mass is 278 g/mol. The first-order valence-corrected chi connectivity index (χ1v) is 7.05. The van der Waals surface area contributed by atoms with Crippen LogP contribution in [-0.4, -0.2) is 30.0 Å². The van der Waals surface area contributed by atoms with Gasteiger partial charge < -0.3 is 15.4 Å². The zero-order chi connectivity index (χ0) is 15.2. The molecule has 1 aromatic rings. The van der Waals surface area contributed by atoms with E-state index >= 15 is 0 Å². The molecular weight excluding hydrogens is 252 g/mol. The minimum absolute atomic E-state index is 0.154. The highest BCUT2D eigenvalue weighted by atomic mass is 16.5. The smallest absolute Gasteiger partial charge is 0.222 e. The second-order valence-corrected chi connectivity index (χ2v) is 5.74. The van der Waals surface area contributed by atoms with Crippen LogP contribution in [0.4, 0.5) is 0 Å². The third-order valence-electron chi connectivity index (χ3n) is 3.25. The van der Waals surface area contributed by atoms with Crippen molar-refractivity contribution in [3.63, 3.8) is 0 Å². The topological polar surface area (TPSA) is 55.6 Å². The van der Waals surface area contributed by atoms with Gasteiger partial charge in [-0.25, -0.2) is 0 Å². The molecule has 0 bridgehead atoms. The molecule has 0 aromatic heterocycles. The van der Waals surface area contributed by atoms with E-state index in [1.807, 2.05) is 49.9 Å². The number of hydrogen-bond acceptors (Lipinski definition) is 3. The van der Waals surface area contributed by atoms with E-state index in [1.54, 1.807) is 7.11 Å². The van der Waals surface area contributed by atoms with Crippen molar-refractivity contribution >= 4 is 5.91 Å². The number of carbonyl (C=O) groups excluding carboxylic acids is 1. The van der Waals surface area contributed by atoms with Crippen molar-refractivity contribution in [2.24, 2.45) is 5.73 Å². The quantitative estimate of drug-likeness (QED) is 0.834. The zero-order valence-corrected chi connectivity index (χ0v) is 13.0. The molecule has 4 heteroatoms. The highest BCUT2D eigenvalue weighted by Gasteiger charge is 2.17. The molecule has 0 saturated carbocycles. The van der Waals surface area contributed by atoms with Gasteiger partial charge in [-0.3, -0.25) is 4.79 Å². The molecule has 0 aliphatic carbocycles. The van der Waals surface area contributed by atoms with Gasteiger partial charge >= 0.3 is 0 Å². The van der Waals surface area contributed by atoms with Crippen molar-refractivity contribution in [2.45, 2.75) is 45.7 Å². The van der Waals surface area contributed by atoms with Crippen molar-refractivity contribution in [2.75, 3.05) is 13.7 Å². The van der Waals surface area contributed by atoms with Gasteiger partial charge in [-0.2, -0.15) is 0 Å². The maximum Gasteiger partial charge on any atom is 0.222 e. The van der Waals surface area contributed by atoms with Crippen molar-refractivity contribution in [3.05, 3.63) is 29.8 Å². The maximum atomic E-state index is 12.2. The average molecular weight is 278 g/mol. The van der Waals surface area contributed by atoms with E-state index in [4.69, 9.17) is 10.5 Å². The number of carbonyl (C=O) groups is 1. The summed E-state index contributed by atoms with van der Waals surface area (Å²) in [6, 6.07) is 7.80. The Balaban J connectivity index is 2.59. The second kappa shape index (κ2) is 7.29. The van der Waals surface area contributed by atoms with Crippen molar-refractivity contribution < 1.29 is 9.53 Å². The summed E-state index contributed by atoms with van der Waals surface area (Å²) in [5.74, 6) is 0.981. The van der Waals surface area contributed by atoms with E-state index in [1.165, 1.54) is 0 Å². The maximum absolute atomic E-state index is 12.2. The number of rotatable bonds is 7. The Morgan fingerprint density at radius 2 is 1.90 bits per heavy atom. The zero-order valence-electron chi connectivity index (χ0n) is 13.0. The fraction of sp³-hybridized carbons (Fsp3) is 0.562. The number of nitrogens with zero attached hydrogens (tertiary/aromatic N) is 1. The Morgan fingerprint density at radius 3 is 2.35 bits per heavy atom. The summed E-state index contributed by atoms with van der Waals surface area (Å²) in [5.41, 5.74) is 6.73. The Morgan fingerprint density at radius 1 is 1.30 bits per heavy atom. The fourth-order valence-electron chi connectivity index (χ4n) is 1.91. The summed E-state index contributed by atoms with van der Waals surface area (Å²) in [7, 11) is 1.64. The molecule has 2 N–H and O–H groups in total. The van der Waals surface area contributed by atoms with Gasteiger partial charge in [-0.05, 0) is 44.9 Å². The van der Waals surface area contributed by atoms with E-state index in [9.17, 15) is 4.79 Å². The number of hydrogen-bond donors (Lipinski definition) is 1. The second-order valence-electron chi connectivity index (χ2n) is 5.74. The Kier molecular flexibility index (Phi) is 6.02. The Labute approximate surface area is 121 Å². The van der Waals surface area contributed by atoms with Gasteiger partial charge in [-0.1, -0.05) is 12.1 Å². The normalized spacial score (nSPS) is 11.2. The van der Waals surface area contributed by atoms with E-state index in [-0.39, 0.29) is 11.4 Å². The molecule has 112 valence electrons. The van der Waals surface area contributed by atoms with E-state index in [2.05, 4.69) is 0 Å². The van der Waals surface area contributed by atoms with Gasteiger partial charge in [0.15, 0.2) is 0 Å². The van der Waals surface area contributed by atoms with Crippen LogP contribution in [0, 0.1) is 0 Å². The summed E-state index contributed by atoms with van der Waals surface area (Å²) in [4.78, 5) is 14.0. The van der Waals surface area contributed by atoms with E-state index in [0.717, 1.165) is 11.3 Å². The lowest BCUT2D eigenvalue weighted by molar-refractivity contribution is -0.132. The van der Waals surface area contributed by atoms with Crippen LogP contribution >= 0.6 is 0 Å². The molecule has 1 amide bonds. The van der Waals surface area contributed by atoms with Crippen LogP contribution in [0.5, 0.6) is 5.75 Å². The third-order valence-corrected chi connectivity index (χ3v) is 3.25. The predicted octanol–water partition coefficient (Wildman–Crippen LogP) is 2.56. The summed E-state index contributed by atoms with van der Waals surface area (Å²) in [6.45, 7) is 7.22. The van der Waals surface area contributed by atoms with Gasteiger partial charge in [0.25, 0.3) is 0 Å². The minimum atomic E-state index is -0.296. The van der Waals surface area contributed by atoms with Gasteiger partial charge in [0, 0.05) is 25.0 Å². The largest absolute Gasteiger partial charge is 0.497 e. The molecule has 0 spiro atoms. The molecule has 0 aliphatic rings. The van der Waals surface area contributed by atoms with Crippen LogP contribution in [0.2, 0.25) is 0 Å². The minimum Gasteiger partial charge on any atom is -0.497 e. The average Bonchev–Trinajstić information content (AvgIpc) is 2.42. The number of nitrogens with two attached hydrogens (primary N) is 1. The lowest BCUT2D eigenvalue weighted by Crippen LogP contribution is -2.36. The summed E-state index contributed by atoms with van der Waals surface area (Å²) in [5, 5.41) is 0. The van der Waals surface area contributed by atoms with Crippen molar-refractivity contribution in [1.29, 1.82) is 0 Å². The molecule has 20 heavy (non-hydrogen) atoms. The molecule has 0 radical (unpaired) electrons. The van der Waals surface area contributed by atoms with Crippen LogP contribution in [-0.2, 0) is 11.3 Å². The van der Waals surface area contributed by atoms with E-state index < -0.39 is 0 Å². The molecule has 0 fully saturated rings. The van der Waals surface area contributed by atoms with Crippen LogP contribution in [0.1, 0.15) is 39.2 Å². The summed E-state index contributed by atoms with van der Waals surface area (Å²) >= 11 is 0. The van der Waals surface area contributed by atoms with Crippen LogP contribution in [0.3, 0.4) is 0 Å². The molecule has 0 saturated heterocycles. The molecule has 0 heterocycles. The molecule has 0 aliphatic heterocycles.